The monoisotopic (exact) mass is 322 g/mol. The third kappa shape index (κ3) is 2.44. The third-order valence-corrected chi connectivity index (χ3v) is 5.67. The van der Waals surface area contributed by atoms with Crippen LogP contribution in [0.15, 0.2) is 30.3 Å². The van der Waals surface area contributed by atoms with Crippen molar-refractivity contribution >= 4 is 25.0 Å². The molecule has 1 aliphatic rings. The van der Waals surface area contributed by atoms with E-state index in [1.807, 2.05) is 30.3 Å². The number of rotatable bonds is 3. The molecule has 0 radical (unpaired) electrons. The molecule has 1 saturated heterocycles. The number of carboxylic acids is 1. The minimum atomic E-state index is -0.908. The van der Waals surface area contributed by atoms with E-state index in [4.69, 9.17) is 0 Å². The Labute approximate surface area is 117 Å². The number of carboxylic acid groups (broad SMARTS) is 1. The predicted molar refractivity (Wildman–Crippen MR) is 75.0 cm³/mol. The molecule has 0 saturated carbocycles. The molecule has 0 atom stereocenters. The van der Waals surface area contributed by atoms with Crippen LogP contribution in [-0.2, 0) is 0 Å². The van der Waals surface area contributed by atoms with Crippen LogP contribution in [-0.4, -0.2) is 43.7 Å². The van der Waals surface area contributed by atoms with Crippen LogP contribution in [0.2, 0.25) is 0 Å². The van der Waals surface area contributed by atoms with Gasteiger partial charge in [0.25, 0.3) is 0 Å². The van der Waals surface area contributed by atoms with Gasteiger partial charge in [0, 0.05) is 0 Å². The quantitative estimate of drug-likeness (QED) is 0.880. The van der Waals surface area contributed by atoms with Crippen LogP contribution in [0, 0.1) is 0 Å². The van der Waals surface area contributed by atoms with Crippen molar-refractivity contribution in [3.05, 3.63) is 36.0 Å². The number of aromatic nitrogens is 1. The van der Waals surface area contributed by atoms with Gasteiger partial charge in [0.1, 0.15) is 0 Å². The van der Waals surface area contributed by atoms with Crippen molar-refractivity contribution in [3.63, 3.8) is 0 Å². The topological polar surface area (TPSA) is 53.4 Å². The van der Waals surface area contributed by atoms with Gasteiger partial charge >= 0.3 is 117 Å². The van der Waals surface area contributed by atoms with Gasteiger partial charge in [-0.2, -0.15) is 0 Å². The minimum absolute atomic E-state index is 0.000579. The van der Waals surface area contributed by atoms with E-state index in [0.29, 0.717) is 0 Å². The summed E-state index contributed by atoms with van der Waals surface area (Å²) in [5.41, 5.74) is 1.29. The van der Waals surface area contributed by atoms with E-state index in [-0.39, 0.29) is 20.2 Å². The van der Waals surface area contributed by atoms with E-state index in [2.05, 4.69) is 9.88 Å². The summed E-state index contributed by atoms with van der Waals surface area (Å²) in [7, 11) is 0. The maximum absolute atomic E-state index is 11.4. The molecule has 1 aliphatic heterocycles. The number of aromatic carboxylic acids is 1. The second kappa shape index (κ2) is 5.19. The zero-order valence-corrected chi connectivity index (χ0v) is 12.1. The molecule has 98 valence electrons. The summed E-state index contributed by atoms with van der Waals surface area (Å²) < 4.78 is 1.86. The molecular formula is C14H14N2O2Se. The van der Waals surface area contributed by atoms with Gasteiger partial charge in [-0.05, 0) is 0 Å². The van der Waals surface area contributed by atoms with Crippen LogP contribution >= 0.6 is 0 Å². The van der Waals surface area contributed by atoms with Crippen LogP contribution in [0.1, 0.15) is 23.3 Å². The second-order valence-corrected chi connectivity index (χ2v) is 6.59. The number of hydrogen-bond donors (Lipinski definition) is 1. The molecule has 1 aromatic carbocycles. The molecule has 0 spiro atoms. The van der Waals surface area contributed by atoms with Crippen molar-refractivity contribution in [2.24, 2.45) is 0 Å². The van der Waals surface area contributed by atoms with Gasteiger partial charge in [0.2, 0.25) is 0 Å². The first-order valence-corrected chi connectivity index (χ1v) is 8.01. The molecular weight excluding hydrogens is 307 g/mol. The van der Waals surface area contributed by atoms with Gasteiger partial charge in [-0.1, -0.05) is 0 Å². The normalized spacial score (nSPS) is 14.8. The molecule has 19 heavy (non-hydrogen) atoms. The summed E-state index contributed by atoms with van der Waals surface area (Å²) in [4.78, 5) is 17.9. The van der Waals surface area contributed by atoms with Gasteiger partial charge in [-0.25, -0.2) is 0 Å². The number of anilines is 1. The zero-order valence-electron chi connectivity index (χ0n) is 10.4. The zero-order chi connectivity index (χ0) is 13.2. The van der Waals surface area contributed by atoms with Crippen LogP contribution in [0.25, 0.3) is 10.1 Å². The first-order chi connectivity index (χ1) is 9.25. The van der Waals surface area contributed by atoms with Crippen molar-refractivity contribution in [3.8, 4) is 10.1 Å². The fourth-order valence-corrected chi connectivity index (χ4v) is 4.63. The molecule has 2 aromatic rings. The molecule has 1 aromatic heterocycles. The molecule has 1 N–H and O–H groups in total. The van der Waals surface area contributed by atoms with E-state index in [1.54, 1.807) is 0 Å². The third-order valence-electron chi connectivity index (χ3n) is 3.23. The molecule has 1 fully saturated rings. The molecule has 0 amide bonds. The van der Waals surface area contributed by atoms with Crippen LogP contribution in [0.4, 0.5) is 4.56 Å². The van der Waals surface area contributed by atoms with Crippen molar-refractivity contribution in [2.45, 2.75) is 12.8 Å². The Morgan fingerprint density at radius 2 is 1.89 bits per heavy atom. The summed E-state index contributed by atoms with van der Waals surface area (Å²) in [5.74, 6) is -0.908. The summed E-state index contributed by atoms with van der Waals surface area (Å²) in [6, 6.07) is 9.86. The summed E-state index contributed by atoms with van der Waals surface area (Å²) in [5, 5.41) is 9.33. The molecule has 0 aliphatic carbocycles. The number of hydrogen-bond acceptors (Lipinski definition) is 3. The first-order valence-electron chi connectivity index (χ1n) is 6.30. The Morgan fingerprint density at radius 3 is 2.53 bits per heavy atom. The molecule has 0 bridgehead atoms. The van der Waals surface area contributed by atoms with Crippen LogP contribution in [0.5, 0.6) is 0 Å². The Hall–Kier alpha value is -1.58. The molecule has 2 heterocycles. The first kappa shape index (κ1) is 12.5. The van der Waals surface area contributed by atoms with Gasteiger partial charge in [-0.15, -0.1) is 0 Å². The Bertz CT molecular complexity index is 589. The summed E-state index contributed by atoms with van der Waals surface area (Å²) in [6.45, 7) is 1.93. The average molecular weight is 321 g/mol. The fraction of sp³-hybridized carbons (Fsp3) is 0.286. The second-order valence-electron chi connectivity index (χ2n) is 4.54. The van der Waals surface area contributed by atoms with E-state index in [1.165, 1.54) is 0 Å². The van der Waals surface area contributed by atoms with Crippen LogP contribution < -0.4 is 4.90 Å². The average Bonchev–Trinajstić information content (AvgIpc) is 3.08. The molecule has 3 rings (SSSR count). The fourth-order valence-electron chi connectivity index (χ4n) is 2.29. The van der Waals surface area contributed by atoms with E-state index < -0.39 is 5.97 Å². The van der Waals surface area contributed by atoms with E-state index in [0.717, 1.165) is 40.6 Å². The van der Waals surface area contributed by atoms with Gasteiger partial charge in [-0.3, -0.25) is 0 Å². The molecule has 5 heteroatoms. The van der Waals surface area contributed by atoms with Crippen molar-refractivity contribution < 1.29 is 9.90 Å². The van der Waals surface area contributed by atoms with Crippen molar-refractivity contribution in [2.75, 3.05) is 18.0 Å². The molecule has 0 unspecified atom stereocenters. The Morgan fingerprint density at radius 1 is 1.21 bits per heavy atom. The summed E-state index contributed by atoms with van der Waals surface area (Å²) in [6.07, 6.45) is 2.29. The molecule has 4 nitrogen and oxygen atoms in total. The number of carbonyl (C=O) groups is 1. The number of benzene rings is 1. The van der Waals surface area contributed by atoms with Crippen molar-refractivity contribution in [1.82, 2.24) is 4.98 Å². The van der Waals surface area contributed by atoms with Crippen molar-refractivity contribution in [1.29, 1.82) is 0 Å². The standard InChI is InChI=1S/C14H14N2O2Se/c17-14(18)11-13(16-8-4-5-9-16)19-12(15-11)10-6-2-1-3-7-10/h1-3,6-7H,4-5,8-9H2,(H,17,18). The maximum atomic E-state index is 11.4. The SMILES string of the molecule is O=C(O)c1nc(-c2ccccc2)[se]c1N1CCCC1. The van der Waals surface area contributed by atoms with E-state index in [9.17, 15) is 9.90 Å². The van der Waals surface area contributed by atoms with E-state index >= 15 is 0 Å². The Kier molecular flexibility index (Phi) is 3.40. The predicted octanol–water partition coefficient (Wildman–Crippen LogP) is 2.10. The number of nitrogens with zero attached hydrogens (tertiary/aromatic N) is 2. The van der Waals surface area contributed by atoms with Crippen LogP contribution in [0.3, 0.4) is 0 Å². The van der Waals surface area contributed by atoms with Gasteiger partial charge in [0.05, 0.1) is 0 Å². The Balaban J connectivity index is 2.04. The van der Waals surface area contributed by atoms with Gasteiger partial charge < -0.3 is 0 Å². The summed E-state index contributed by atoms with van der Waals surface area (Å²) >= 11 is -0.000579. The van der Waals surface area contributed by atoms with Gasteiger partial charge in [0.15, 0.2) is 0 Å².